The van der Waals surface area contributed by atoms with E-state index in [0.717, 1.165) is 12.8 Å². The van der Waals surface area contributed by atoms with E-state index in [1.54, 1.807) is 37.3 Å². The molecule has 1 aromatic heterocycles. The number of furan rings is 1. The standard InChI is InChI=1S/C24H26N2O7S/c1-16-22(24(28)31-2)21(23(27)26(16)15-19-7-6-12-32-19)13-17-10-11-18(33-17)14-25-34(29,30)20-8-4-3-5-9-20/h3-5,8-11,13,19,25H,6-7,12,14-15H2,1-2H3/b21-13+. The molecule has 3 heterocycles. The molecule has 1 unspecified atom stereocenters. The second-order valence-electron chi connectivity index (χ2n) is 8.00. The van der Waals surface area contributed by atoms with Gasteiger partial charge in [-0.1, -0.05) is 18.2 Å². The molecule has 2 aliphatic heterocycles. The summed E-state index contributed by atoms with van der Waals surface area (Å²) in [6.45, 7) is 2.64. The Kier molecular flexibility index (Phi) is 7.01. The molecule has 2 aromatic rings. The number of allylic oxidation sites excluding steroid dienone is 1. The average Bonchev–Trinajstić information content (AvgIpc) is 3.56. The van der Waals surface area contributed by atoms with E-state index in [4.69, 9.17) is 13.9 Å². The predicted octanol–water partition coefficient (Wildman–Crippen LogP) is 2.61. The maximum absolute atomic E-state index is 13.2. The van der Waals surface area contributed by atoms with Gasteiger partial charge in [0.25, 0.3) is 5.91 Å². The molecule has 1 aromatic carbocycles. The van der Waals surface area contributed by atoms with Crippen LogP contribution in [-0.2, 0) is 35.6 Å². The van der Waals surface area contributed by atoms with Crippen LogP contribution in [0, 0.1) is 0 Å². The minimum absolute atomic E-state index is 0.0712. The van der Waals surface area contributed by atoms with Crippen LogP contribution < -0.4 is 4.72 Å². The SMILES string of the molecule is COC(=O)C1=C(C)N(CC2CCCO2)C(=O)/C1=C/c1ccc(CNS(=O)(=O)c2ccccc2)o1. The highest BCUT2D eigenvalue weighted by molar-refractivity contribution is 7.89. The third-order valence-corrected chi connectivity index (χ3v) is 7.19. The smallest absolute Gasteiger partial charge is 0.340 e. The van der Waals surface area contributed by atoms with Crippen LogP contribution in [0.1, 0.15) is 31.3 Å². The molecule has 1 saturated heterocycles. The van der Waals surface area contributed by atoms with Gasteiger partial charge in [0.1, 0.15) is 11.5 Å². The van der Waals surface area contributed by atoms with Crippen molar-refractivity contribution >= 4 is 28.0 Å². The van der Waals surface area contributed by atoms with Gasteiger partial charge in [0.2, 0.25) is 10.0 Å². The van der Waals surface area contributed by atoms with Crippen LogP contribution in [-0.4, -0.2) is 51.6 Å². The number of carbonyl (C=O) groups excluding carboxylic acids is 2. The van der Waals surface area contributed by atoms with Gasteiger partial charge in [-0.2, -0.15) is 0 Å². The molecule has 0 bridgehead atoms. The number of hydrogen-bond donors (Lipinski definition) is 1. The fourth-order valence-electron chi connectivity index (χ4n) is 4.00. The van der Waals surface area contributed by atoms with Crippen molar-refractivity contribution in [3.05, 3.63) is 70.8 Å². The third-order valence-electron chi connectivity index (χ3n) is 5.77. The summed E-state index contributed by atoms with van der Waals surface area (Å²) in [5.41, 5.74) is 0.836. The number of nitrogens with one attached hydrogen (secondary N) is 1. The Morgan fingerprint density at radius 3 is 2.68 bits per heavy atom. The van der Waals surface area contributed by atoms with Crippen molar-refractivity contribution in [2.24, 2.45) is 0 Å². The summed E-state index contributed by atoms with van der Waals surface area (Å²) in [7, 11) is -2.44. The summed E-state index contributed by atoms with van der Waals surface area (Å²) in [5.74, 6) is -0.288. The number of nitrogens with zero attached hydrogens (tertiary/aromatic N) is 1. The first kappa shape index (κ1) is 23.9. The summed E-state index contributed by atoms with van der Waals surface area (Å²) in [4.78, 5) is 27.3. The average molecular weight is 487 g/mol. The van der Waals surface area contributed by atoms with Crippen molar-refractivity contribution in [2.45, 2.75) is 37.3 Å². The zero-order valence-electron chi connectivity index (χ0n) is 18.9. The number of carbonyl (C=O) groups is 2. The number of esters is 1. The van der Waals surface area contributed by atoms with Gasteiger partial charge in [0.05, 0.1) is 42.3 Å². The molecule has 0 spiro atoms. The molecule has 2 aliphatic rings. The van der Waals surface area contributed by atoms with Crippen molar-refractivity contribution in [3.8, 4) is 0 Å². The Morgan fingerprint density at radius 2 is 2.00 bits per heavy atom. The van der Waals surface area contributed by atoms with E-state index in [1.165, 1.54) is 30.2 Å². The lowest BCUT2D eigenvalue weighted by molar-refractivity contribution is -0.136. The first-order valence-corrected chi connectivity index (χ1v) is 12.4. The quantitative estimate of drug-likeness (QED) is 0.450. The molecule has 34 heavy (non-hydrogen) atoms. The fourth-order valence-corrected chi connectivity index (χ4v) is 5.01. The lowest BCUT2D eigenvalue weighted by atomic mass is 10.1. The first-order valence-electron chi connectivity index (χ1n) is 10.9. The molecule has 180 valence electrons. The summed E-state index contributed by atoms with van der Waals surface area (Å²) in [5, 5.41) is 0. The second-order valence-corrected chi connectivity index (χ2v) is 9.77. The Morgan fingerprint density at radius 1 is 1.24 bits per heavy atom. The van der Waals surface area contributed by atoms with Gasteiger partial charge in [-0.3, -0.25) is 4.79 Å². The van der Waals surface area contributed by atoms with E-state index in [0.29, 0.717) is 30.4 Å². The third kappa shape index (κ3) is 4.98. The Bertz CT molecular complexity index is 1240. The van der Waals surface area contributed by atoms with Crippen molar-refractivity contribution in [1.29, 1.82) is 0 Å². The topological polar surface area (TPSA) is 115 Å². The number of hydrogen-bond acceptors (Lipinski definition) is 7. The summed E-state index contributed by atoms with van der Waals surface area (Å²) in [6, 6.07) is 11.2. The second kappa shape index (κ2) is 9.96. The van der Waals surface area contributed by atoms with Crippen LogP contribution >= 0.6 is 0 Å². The van der Waals surface area contributed by atoms with Crippen molar-refractivity contribution in [3.63, 3.8) is 0 Å². The molecule has 9 nitrogen and oxygen atoms in total. The molecule has 4 rings (SSSR count). The van der Waals surface area contributed by atoms with Crippen LogP contribution in [0.5, 0.6) is 0 Å². The van der Waals surface area contributed by atoms with Gasteiger partial charge in [0, 0.05) is 12.3 Å². The molecule has 1 N–H and O–H groups in total. The number of methoxy groups -OCH3 is 1. The molecular weight excluding hydrogens is 460 g/mol. The minimum atomic E-state index is -3.70. The van der Waals surface area contributed by atoms with Crippen molar-refractivity contribution in [1.82, 2.24) is 9.62 Å². The Balaban J connectivity index is 1.53. The van der Waals surface area contributed by atoms with Crippen molar-refractivity contribution in [2.75, 3.05) is 20.3 Å². The highest BCUT2D eigenvalue weighted by atomic mass is 32.2. The predicted molar refractivity (Wildman–Crippen MR) is 123 cm³/mol. The van der Waals surface area contributed by atoms with Crippen LogP contribution in [0.25, 0.3) is 6.08 Å². The van der Waals surface area contributed by atoms with Crippen LogP contribution in [0.4, 0.5) is 0 Å². The Labute approximate surface area is 198 Å². The molecule has 1 atom stereocenters. The summed E-state index contributed by atoms with van der Waals surface area (Å²) >= 11 is 0. The molecule has 0 radical (unpaired) electrons. The zero-order valence-corrected chi connectivity index (χ0v) is 19.8. The van der Waals surface area contributed by atoms with Crippen LogP contribution in [0.15, 0.2) is 68.6 Å². The van der Waals surface area contributed by atoms with E-state index in [2.05, 4.69) is 4.72 Å². The highest BCUT2D eigenvalue weighted by Crippen LogP contribution is 2.33. The number of sulfonamides is 1. The molecule has 10 heteroatoms. The number of amides is 1. The van der Waals surface area contributed by atoms with E-state index in [1.807, 2.05) is 0 Å². The normalized spacial score (nSPS) is 19.9. The minimum Gasteiger partial charge on any atom is -0.465 e. The largest absolute Gasteiger partial charge is 0.465 e. The molecular formula is C24H26N2O7S. The number of ether oxygens (including phenoxy) is 2. The highest BCUT2D eigenvalue weighted by Gasteiger charge is 2.38. The maximum Gasteiger partial charge on any atom is 0.340 e. The monoisotopic (exact) mass is 486 g/mol. The zero-order chi connectivity index (χ0) is 24.3. The van der Waals surface area contributed by atoms with Gasteiger partial charge in [-0.05, 0) is 50.1 Å². The molecule has 0 aliphatic carbocycles. The van der Waals surface area contributed by atoms with E-state index >= 15 is 0 Å². The van der Waals surface area contributed by atoms with E-state index in [9.17, 15) is 18.0 Å². The lowest BCUT2D eigenvalue weighted by Gasteiger charge is -2.21. The summed E-state index contributed by atoms with van der Waals surface area (Å²) in [6.07, 6.45) is 3.18. The van der Waals surface area contributed by atoms with Gasteiger partial charge >= 0.3 is 5.97 Å². The van der Waals surface area contributed by atoms with Gasteiger partial charge in [0.15, 0.2) is 0 Å². The van der Waals surface area contributed by atoms with E-state index in [-0.39, 0.29) is 34.6 Å². The van der Waals surface area contributed by atoms with Gasteiger partial charge in [-0.15, -0.1) is 0 Å². The van der Waals surface area contributed by atoms with Crippen LogP contribution in [0.2, 0.25) is 0 Å². The molecule has 1 amide bonds. The van der Waals surface area contributed by atoms with Gasteiger partial charge in [-0.25, -0.2) is 17.9 Å². The number of benzene rings is 1. The first-order chi connectivity index (χ1) is 16.3. The lowest BCUT2D eigenvalue weighted by Crippen LogP contribution is -2.33. The maximum atomic E-state index is 13.2. The fraction of sp³-hybridized carbons (Fsp3) is 0.333. The van der Waals surface area contributed by atoms with E-state index < -0.39 is 16.0 Å². The number of rotatable bonds is 8. The summed E-state index contributed by atoms with van der Waals surface area (Å²) < 4.78 is 43.6. The van der Waals surface area contributed by atoms with Crippen LogP contribution in [0.3, 0.4) is 0 Å². The molecule has 1 fully saturated rings. The van der Waals surface area contributed by atoms with Crippen molar-refractivity contribution < 1.29 is 31.9 Å². The molecule has 0 saturated carbocycles. The van der Waals surface area contributed by atoms with Gasteiger partial charge < -0.3 is 18.8 Å². The Hall–Kier alpha value is -3.21.